The molecule has 0 aromatic heterocycles. The molecule has 2 unspecified atom stereocenters. The monoisotopic (exact) mass is 384 g/mol. The normalized spacial score (nSPS) is 19.5. The summed E-state index contributed by atoms with van der Waals surface area (Å²) in [5.74, 6) is -0.767. The maximum Gasteiger partial charge on any atom is 0.330 e. The molecule has 1 aliphatic carbocycles. The van der Waals surface area contributed by atoms with Gasteiger partial charge < -0.3 is 10.2 Å². The van der Waals surface area contributed by atoms with Crippen molar-refractivity contribution in [1.29, 1.82) is 0 Å². The second-order valence-electron chi connectivity index (χ2n) is 7.66. The van der Waals surface area contributed by atoms with Gasteiger partial charge in [-0.3, -0.25) is 4.79 Å². The average Bonchev–Trinajstić information content (AvgIpc) is 3.06. The quantitative estimate of drug-likeness (QED) is 0.398. The Morgan fingerprint density at radius 1 is 1.11 bits per heavy atom. The van der Waals surface area contributed by atoms with Gasteiger partial charge in [0.2, 0.25) is 0 Å². The fraction of sp³-hybridized carbons (Fsp3) is 0.500. The molecule has 28 heavy (non-hydrogen) atoms. The van der Waals surface area contributed by atoms with Gasteiger partial charge in [-0.15, -0.1) is 0 Å². The number of aliphatic hydroxyl groups excluding tert-OH is 1. The number of hydrogen-bond donors (Lipinski definition) is 2. The summed E-state index contributed by atoms with van der Waals surface area (Å²) in [4.78, 5) is 23.4. The molecule has 0 heterocycles. The lowest BCUT2D eigenvalue weighted by Crippen LogP contribution is -2.20. The first-order valence-electron chi connectivity index (χ1n) is 10.3. The predicted octanol–water partition coefficient (Wildman–Crippen LogP) is 4.87. The summed E-state index contributed by atoms with van der Waals surface area (Å²) in [6.45, 7) is 1.60. The number of carboxylic acids is 1. The number of hydrogen-bond acceptors (Lipinski definition) is 3. The summed E-state index contributed by atoms with van der Waals surface area (Å²) in [6.07, 6.45) is 10.4. The van der Waals surface area contributed by atoms with Gasteiger partial charge in [-0.2, -0.15) is 0 Å². The standard InChI is InChI=1S/C24H32O4/c1-18(24(27)28)10-4-2-7-14-20-21(16-17-23(20)26)22(25)15-9-8-13-19-11-5-3-6-12-19/h3,5-6,10-12,16,20,23,26H,2,4,7-9,13-15,17H2,1H3,(H,27,28). The first-order valence-corrected chi connectivity index (χ1v) is 10.3. The fourth-order valence-corrected chi connectivity index (χ4v) is 3.76. The van der Waals surface area contributed by atoms with Crippen LogP contribution in [0.2, 0.25) is 0 Å². The smallest absolute Gasteiger partial charge is 0.330 e. The molecule has 4 heteroatoms. The van der Waals surface area contributed by atoms with E-state index in [4.69, 9.17) is 5.11 Å². The zero-order valence-electron chi connectivity index (χ0n) is 16.8. The van der Waals surface area contributed by atoms with Crippen LogP contribution >= 0.6 is 0 Å². The van der Waals surface area contributed by atoms with E-state index >= 15 is 0 Å². The third-order valence-corrected chi connectivity index (χ3v) is 5.48. The van der Waals surface area contributed by atoms with E-state index in [1.54, 1.807) is 13.0 Å². The molecule has 1 aliphatic rings. The lowest BCUT2D eigenvalue weighted by atomic mass is 9.89. The molecular formula is C24H32O4. The van der Waals surface area contributed by atoms with Crippen LogP contribution in [0.3, 0.4) is 0 Å². The second kappa shape index (κ2) is 11.6. The summed E-state index contributed by atoms with van der Waals surface area (Å²) in [7, 11) is 0. The summed E-state index contributed by atoms with van der Waals surface area (Å²) in [5.41, 5.74) is 2.48. The molecule has 2 atom stereocenters. The van der Waals surface area contributed by atoms with Crippen molar-refractivity contribution in [1.82, 2.24) is 0 Å². The highest BCUT2D eigenvalue weighted by molar-refractivity contribution is 5.96. The average molecular weight is 385 g/mol. The molecule has 4 nitrogen and oxygen atoms in total. The predicted molar refractivity (Wildman–Crippen MR) is 111 cm³/mol. The molecule has 0 saturated carbocycles. The lowest BCUT2D eigenvalue weighted by Gasteiger charge is -2.18. The van der Waals surface area contributed by atoms with E-state index in [1.807, 2.05) is 24.3 Å². The molecule has 0 amide bonds. The van der Waals surface area contributed by atoms with E-state index in [-0.39, 0.29) is 11.7 Å². The van der Waals surface area contributed by atoms with Crippen molar-refractivity contribution in [3.05, 3.63) is 59.2 Å². The number of benzene rings is 1. The number of carbonyl (C=O) groups excluding carboxylic acids is 1. The van der Waals surface area contributed by atoms with Gasteiger partial charge in [0.05, 0.1) is 6.10 Å². The second-order valence-corrected chi connectivity index (χ2v) is 7.66. The highest BCUT2D eigenvalue weighted by Gasteiger charge is 2.31. The molecule has 1 aromatic carbocycles. The van der Waals surface area contributed by atoms with Crippen LogP contribution in [0.1, 0.15) is 63.9 Å². The van der Waals surface area contributed by atoms with Gasteiger partial charge in [0.25, 0.3) is 0 Å². The molecule has 0 saturated heterocycles. The van der Waals surface area contributed by atoms with Crippen LogP contribution in [0, 0.1) is 5.92 Å². The van der Waals surface area contributed by atoms with Crippen molar-refractivity contribution >= 4 is 11.8 Å². The van der Waals surface area contributed by atoms with Crippen molar-refractivity contribution in [2.75, 3.05) is 0 Å². The number of carbonyl (C=O) groups is 2. The van der Waals surface area contributed by atoms with Gasteiger partial charge in [0, 0.05) is 17.9 Å². The van der Waals surface area contributed by atoms with Gasteiger partial charge in [-0.25, -0.2) is 4.79 Å². The summed E-state index contributed by atoms with van der Waals surface area (Å²) in [6, 6.07) is 10.3. The van der Waals surface area contributed by atoms with Crippen molar-refractivity contribution in [2.45, 2.75) is 70.8 Å². The largest absolute Gasteiger partial charge is 0.478 e. The van der Waals surface area contributed by atoms with Crippen molar-refractivity contribution in [2.24, 2.45) is 5.92 Å². The number of ketones is 1. The van der Waals surface area contributed by atoms with E-state index in [9.17, 15) is 14.7 Å². The van der Waals surface area contributed by atoms with E-state index in [0.29, 0.717) is 24.8 Å². The first-order chi connectivity index (χ1) is 13.5. The third-order valence-electron chi connectivity index (χ3n) is 5.48. The van der Waals surface area contributed by atoms with Crippen molar-refractivity contribution in [3.63, 3.8) is 0 Å². The number of unbranched alkanes of at least 4 members (excludes halogenated alkanes) is 3. The van der Waals surface area contributed by atoms with E-state index in [1.165, 1.54) is 5.56 Å². The molecule has 0 aliphatic heterocycles. The van der Waals surface area contributed by atoms with Gasteiger partial charge in [0.1, 0.15) is 0 Å². The zero-order chi connectivity index (χ0) is 20.4. The molecule has 152 valence electrons. The van der Waals surface area contributed by atoms with Crippen molar-refractivity contribution < 1.29 is 19.8 Å². The molecule has 0 spiro atoms. The first kappa shape index (κ1) is 22.1. The van der Waals surface area contributed by atoms with E-state index < -0.39 is 12.1 Å². The summed E-state index contributed by atoms with van der Waals surface area (Å²) < 4.78 is 0. The fourth-order valence-electron chi connectivity index (χ4n) is 3.76. The molecule has 2 rings (SSSR count). The molecule has 0 radical (unpaired) electrons. The van der Waals surface area contributed by atoms with Gasteiger partial charge in [0.15, 0.2) is 5.78 Å². The number of carboxylic acid groups (broad SMARTS) is 1. The maximum atomic E-state index is 12.6. The van der Waals surface area contributed by atoms with Crippen LogP contribution in [0.4, 0.5) is 0 Å². The van der Waals surface area contributed by atoms with Gasteiger partial charge in [-0.05, 0) is 63.0 Å². The van der Waals surface area contributed by atoms with E-state index in [2.05, 4.69) is 12.1 Å². The minimum absolute atomic E-state index is 0.0637. The topological polar surface area (TPSA) is 74.6 Å². The highest BCUT2D eigenvalue weighted by atomic mass is 16.4. The van der Waals surface area contributed by atoms with Crippen LogP contribution in [0.25, 0.3) is 0 Å². The minimum Gasteiger partial charge on any atom is -0.478 e. The molecular weight excluding hydrogens is 352 g/mol. The van der Waals surface area contributed by atoms with Crippen LogP contribution in [0.5, 0.6) is 0 Å². The third kappa shape index (κ3) is 7.08. The Morgan fingerprint density at radius 2 is 1.86 bits per heavy atom. The zero-order valence-corrected chi connectivity index (χ0v) is 16.8. The summed E-state index contributed by atoms with van der Waals surface area (Å²) in [5, 5.41) is 19.1. The Bertz CT molecular complexity index is 703. The number of aliphatic carboxylic acids is 1. The van der Waals surface area contributed by atoms with Crippen LogP contribution in [-0.2, 0) is 16.0 Å². The van der Waals surface area contributed by atoms with Crippen LogP contribution in [-0.4, -0.2) is 28.1 Å². The van der Waals surface area contributed by atoms with Crippen LogP contribution < -0.4 is 0 Å². The molecule has 0 fully saturated rings. The Morgan fingerprint density at radius 3 is 2.57 bits per heavy atom. The van der Waals surface area contributed by atoms with E-state index in [0.717, 1.165) is 44.1 Å². The number of aryl methyl sites for hydroxylation is 1. The van der Waals surface area contributed by atoms with Crippen LogP contribution in [0.15, 0.2) is 53.6 Å². The molecule has 1 aromatic rings. The SMILES string of the molecule is CC(=CCCCCC1C(C(=O)CCCCc2ccccc2)=CCC1O)C(=O)O. The highest BCUT2D eigenvalue weighted by Crippen LogP contribution is 2.32. The maximum absolute atomic E-state index is 12.6. The van der Waals surface area contributed by atoms with Crippen molar-refractivity contribution in [3.8, 4) is 0 Å². The minimum atomic E-state index is -0.880. The number of aliphatic hydroxyl groups is 1. The summed E-state index contributed by atoms with van der Waals surface area (Å²) >= 11 is 0. The Labute approximate surface area is 168 Å². The number of allylic oxidation sites excluding steroid dienone is 1. The Kier molecular flexibility index (Phi) is 9.15. The van der Waals surface area contributed by atoms with Gasteiger partial charge >= 0.3 is 5.97 Å². The lowest BCUT2D eigenvalue weighted by molar-refractivity contribution is -0.132. The number of rotatable bonds is 12. The molecule has 0 bridgehead atoms. The Hall–Kier alpha value is -2.20. The number of Topliss-reactive ketones (excluding diaryl/α,β-unsaturated/α-hetero) is 1. The van der Waals surface area contributed by atoms with Gasteiger partial charge in [-0.1, -0.05) is 48.9 Å². The molecule has 2 N–H and O–H groups in total. The Balaban J connectivity index is 1.71.